The Labute approximate surface area is 121 Å². The molecule has 1 heterocycles. The van der Waals surface area contributed by atoms with Gasteiger partial charge in [0.2, 0.25) is 11.3 Å². The summed E-state index contributed by atoms with van der Waals surface area (Å²) in [5, 5.41) is 2.95. The van der Waals surface area contributed by atoms with Crippen molar-refractivity contribution in [2.24, 2.45) is 0 Å². The fourth-order valence-electron chi connectivity index (χ4n) is 2.23. The van der Waals surface area contributed by atoms with Gasteiger partial charge in [0.1, 0.15) is 5.75 Å². The Morgan fingerprint density at radius 1 is 1.45 bits per heavy atom. The fraction of sp³-hybridized carbons (Fsp3) is 0.286. The van der Waals surface area contributed by atoms with E-state index in [1.165, 1.54) is 25.8 Å². The molecule has 6 heteroatoms. The number of hydrogen-bond acceptors (Lipinski definition) is 5. The monoisotopic (exact) mass is 295 g/mol. The first kappa shape index (κ1) is 14.4. The summed E-state index contributed by atoms with van der Waals surface area (Å²) in [5.74, 6) is -0.451. The first-order valence-corrected chi connectivity index (χ1v) is 6.37. The molecule has 2 rings (SSSR count). The van der Waals surface area contributed by atoms with Crippen LogP contribution in [0.3, 0.4) is 0 Å². The zero-order valence-electron chi connectivity index (χ0n) is 11.1. The molecule has 0 fully saturated rings. The molecule has 20 heavy (non-hydrogen) atoms. The van der Waals surface area contributed by atoms with Crippen LogP contribution in [0.25, 0.3) is 0 Å². The summed E-state index contributed by atoms with van der Waals surface area (Å²) in [4.78, 5) is 24.7. The molecule has 0 radical (unpaired) electrons. The maximum Gasteiger partial charge on any atom is 0.340 e. The number of ketones is 1. The molecule has 0 bridgehead atoms. The van der Waals surface area contributed by atoms with Crippen molar-refractivity contribution >= 4 is 29.0 Å². The van der Waals surface area contributed by atoms with Gasteiger partial charge in [0.05, 0.1) is 14.2 Å². The van der Waals surface area contributed by atoms with Crippen LogP contribution in [0.1, 0.15) is 16.8 Å². The highest BCUT2D eigenvalue weighted by molar-refractivity contribution is 6.26. The Bertz CT molecular complexity index is 585. The molecule has 0 aromatic heterocycles. The normalized spacial score (nSPS) is 20.6. The largest absolute Gasteiger partial charge is 0.497 e. The molecule has 0 aliphatic carbocycles. The Balaban J connectivity index is 2.47. The van der Waals surface area contributed by atoms with Crippen LogP contribution < -0.4 is 10.1 Å². The highest BCUT2D eigenvalue weighted by Crippen LogP contribution is 2.37. The Morgan fingerprint density at radius 3 is 2.80 bits per heavy atom. The van der Waals surface area contributed by atoms with E-state index in [9.17, 15) is 9.59 Å². The van der Waals surface area contributed by atoms with E-state index in [1.807, 2.05) is 0 Å². The SMILES string of the molecule is COC(=O)C1(C/C=C/Cl)Nc2ccc(OC)cc2C1=O. The van der Waals surface area contributed by atoms with E-state index in [2.05, 4.69) is 5.32 Å². The van der Waals surface area contributed by atoms with Crippen LogP contribution >= 0.6 is 11.6 Å². The van der Waals surface area contributed by atoms with Gasteiger partial charge >= 0.3 is 5.97 Å². The summed E-state index contributed by atoms with van der Waals surface area (Å²) in [7, 11) is 2.76. The zero-order valence-corrected chi connectivity index (χ0v) is 11.9. The predicted molar refractivity (Wildman–Crippen MR) is 75.3 cm³/mol. The van der Waals surface area contributed by atoms with Crippen molar-refractivity contribution in [3.63, 3.8) is 0 Å². The van der Waals surface area contributed by atoms with E-state index in [4.69, 9.17) is 21.1 Å². The summed E-state index contributed by atoms with van der Waals surface area (Å²) in [6, 6.07) is 5.00. The summed E-state index contributed by atoms with van der Waals surface area (Å²) in [5.41, 5.74) is 0.778. The minimum absolute atomic E-state index is 0.110. The summed E-state index contributed by atoms with van der Waals surface area (Å²) in [6.45, 7) is 0. The van der Waals surface area contributed by atoms with Crippen LogP contribution in [0.2, 0.25) is 0 Å². The van der Waals surface area contributed by atoms with Crippen LogP contribution in [-0.2, 0) is 9.53 Å². The second-order valence-corrected chi connectivity index (χ2v) is 4.58. The van der Waals surface area contributed by atoms with E-state index < -0.39 is 11.5 Å². The second-order valence-electron chi connectivity index (χ2n) is 4.33. The number of fused-ring (bicyclic) bond motifs is 1. The lowest BCUT2D eigenvalue weighted by Crippen LogP contribution is -2.49. The molecule has 106 valence electrons. The lowest BCUT2D eigenvalue weighted by molar-refractivity contribution is -0.143. The van der Waals surface area contributed by atoms with Gasteiger partial charge in [-0.25, -0.2) is 4.79 Å². The third-order valence-electron chi connectivity index (χ3n) is 3.25. The van der Waals surface area contributed by atoms with Crippen LogP contribution in [-0.4, -0.2) is 31.5 Å². The minimum Gasteiger partial charge on any atom is -0.497 e. The highest BCUT2D eigenvalue weighted by atomic mass is 35.5. The Kier molecular flexibility index (Phi) is 3.99. The maximum absolute atomic E-state index is 12.6. The maximum atomic E-state index is 12.6. The number of methoxy groups -OCH3 is 2. The number of ether oxygens (including phenoxy) is 2. The van der Waals surface area contributed by atoms with E-state index in [1.54, 1.807) is 18.2 Å². The van der Waals surface area contributed by atoms with Gasteiger partial charge in [0.25, 0.3) is 0 Å². The second kappa shape index (κ2) is 5.54. The Hall–Kier alpha value is -2.01. The van der Waals surface area contributed by atoms with Crippen molar-refractivity contribution in [3.05, 3.63) is 35.4 Å². The van der Waals surface area contributed by atoms with Gasteiger partial charge in [-0.1, -0.05) is 17.7 Å². The van der Waals surface area contributed by atoms with Crippen LogP contribution in [0, 0.1) is 0 Å². The van der Waals surface area contributed by atoms with E-state index in [-0.39, 0.29) is 12.2 Å². The molecule has 1 aromatic rings. The van der Waals surface area contributed by atoms with Gasteiger partial charge in [-0.2, -0.15) is 0 Å². The summed E-state index contributed by atoms with van der Waals surface area (Å²) in [6.07, 6.45) is 1.64. The topological polar surface area (TPSA) is 64.6 Å². The number of halogens is 1. The number of carbonyl (C=O) groups is 2. The fourth-order valence-corrected chi connectivity index (χ4v) is 2.32. The average molecular weight is 296 g/mol. The molecule has 1 N–H and O–H groups in total. The molecule has 1 aliphatic heterocycles. The molecule has 0 spiro atoms. The molecule has 1 unspecified atom stereocenters. The van der Waals surface area contributed by atoms with Crippen LogP contribution in [0.5, 0.6) is 5.75 Å². The van der Waals surface area contributed by atoms with Gasteiger partial charge in [-0.05, 0) is 18.2 Å². The number of esters is 1. The first-order valence-electron chi connectivity index (χ1n) is 5.93. The number of benzene rings is 1. The quantitative estimate of drug-likeness (QED) is 0.682. The van der Waals surface area contributed by atoms with E-state index in [0.29, 0.717) is 17.0 Å². The molecule has 0 amide bonds. The predicted octanol–water partition coefficient (Wildman–Crippen LogP) is 2.36. The molecular formula is C14H14ClNO4. The molecule has 1 aliphatic rings. The van der Waals surface area contributed by atoms with Crippen molar-refractivity contribution < 1.29 is 19.1 Å². The van der Waals surface area contributed by atoms with Gasteiger partial charge in [-0.3, -0.25) is 4.79 Å². The van der Waals surface area contributed by atoms with Gasteiger partial charge in [0.15, 0.2) is 0 Å². The number of hydrogen-bond donors (Lipinski definition) is 1. The van der Waals surface area contributed by atoms with Crippen molar-refractivity contribution in [2.45, 2.75) is 12.0 Å². The zero-order chi connectivity index (χ0) is 14.8. The van der Waals surface area contributed by atoms with Crippen LogP contribution in [0.15, 0.2) is 29.8 Å². The number of anilines is 1. The lowest BCUT2D eigenvalue weighted by Gasteiger charge is -2.23. The molecule has 1 atom stereocenters. The summed E-state index contributed by atoms with van der Waals surface area (Å²) < 4.78 is 9.85. The smallest absolute Gasteiger partial charge is 0.340 e. The van der Waals surface area contributed by atoms with E-state index in [0.717, 1.165) is 0 Å². The molecule has 0 saturated carbocycles. The minimum atomic E-state index is -1.46. The van der Waals surface area contributed by atoms with Crippen LogP contribution in [0.4, 0.5) is 5.69 Å². The molecule has 1 aromatic carbocycles. The van der Waals surface area contributed by atoms with Gasteiger partial charge in [0, 0.05) is 23.2 Å². The third kappa shape index (κ3) is 2.14. The Morgan fingerprint density at radius 2 is 2.20 bits per heavy atom. The van der Waals surface area contributed by atoms with Crippen molar-refractivity contribution in [3.8, 4) is 5.75 Å². The van der Waals surface area contributed by atoms with Gasteiger partial charge < -0.3 is 14.8 Å². The third-order valence-corrected chi connectivity index (χ3v) is 3.43. The number of carbonyl (C=O) groups excluding carboxylic acids is 2. The average Bonchev–Trinajstić information content (AvgIpc) is 2.77. The van der Waals surface area contributed by atoms with E-state index >= 15 is 0 Å². The molecular weight excluding hydrogens is 282 g/mol. The van der Waals surface area contributed by atoms with Crippen molar-refractivity contribution in [2.75, 3.05) is 19.5 Å². The standard InChI is InChI=1S/C14H14ClNO4/c1-19-9-4-5-11-10(8-9)12(17)14(16-11,6-3-7-15)13(18)20-2/h3-5,7-8,16H,6H2,1-2H3/b7-3+. The van der Waals surface area contributed by atoms with Crippen molar-refractivity contribution in [1.29, 1.82) is 0 Å². The molecule has 0 saturated heterocycles. The summed E-state index contributed by atoms with van der Waals surface area (Å²) >= 11 is 5.50. The number of rotatable bonds is 4. The first-order chi connectivity index (χ1) is 9.58. The number of nitrogens with one attached hydrogen (secondary N) is 1. The number of Topliss-reactive ketones (excluding diaryl/α,β-unsaturated/α-hetero) is 1. The molecule has 5 nitrogen and oxygen atoms in total. The lowest BCUT2D eigenvalue weighted by atomic mass is 9.90. The highest BCUT2D eigenvalue weighted by Gasteiger charge is 2.51. The van der Waals surface area contributed by atoms with Gasteiger partial charge in [-0.15, -0.1) is 0 Å². The van der Waals surface area contributed by atoms with Crippen molar-refractivity contribution in [1.82, 2.24) is 0 Å².